The molecule has 0 saturated heterocycles. The van der Waals surface area contributed by atoms with E-state index >= 15 is 0 Å². The Kier molecular flexibility index (Phi) is 5.63. The Hall–Kier alpha value is -3.68. The highest BCUT2D eigenvalue weighted by molar-refractivity contribution is 6.21. The van der Waals surface area contributed by atoms with Crippen LogP contribution >= 0.6 is 0 Å². The lowest BCUT2D eigenvalue weighted by atomic mass is 9.99. The number of aromatic nitrogens is 1. The quantitative estimate of drug-likeness (QED) is 0.481. The Balaban J connectivity index is 2.24. The van der Waals surface area contributed by atoms with Crippen molar-refractivity contribution in [3.63, 3.8) is 0 Å². The minimum absolute atomic E-state index is 0.0505. The van der Waals surface area contributed by atoms with Gasteiger partial charge in [0.25, 0.3) is 0 Å². The first kappa shape index (κ1) is 20.1. The highest BCUT2D eigenvalue weighted by Crippen LogP contribution is 2.39. The standard InChI is InChI=1S/C21H21NO7/c1-25-12-6-7-13-14(10-12)22-18(21(24)29-5)17(13)19(23)11-8-15(26-2)20(28-4)16(9-11)27-3/h6-10,22H,1-5H3. The van der Waals surface area contributed by atoms with Gasteiger partial charge in [0.2, 0.25) is 5.75 Å². The number of ketones is 1. The summed E-state index contributed by atoms with van der Waals surface area (Å²) in [7, 11) is 7.19. The summed E-state index contributed by atoms with van der Waals surface area (Å²) in [5, 5.41) is 0.560. The summed E-state index contributed by atoms with van der Waals surface area (Å²) in [5.41, 5.74) is 1.07. The fourth-order valence-electron chi connectivity index (χ4n) is 3.15. The fourth-order valence-corrected chi connectivity index (χ4v) is 3.15. The van der Waals surface area contributed by atoms with Gasteiger partial charge in [0.15, 0.2) is 17.3 Å². The number of carbonyl (C=O) groups excluding carboxylic acids is 2. The number of methoxy groups -OCH3 is 5. The lowest BCUT2D eigenvalue weighted by Gasteiger charge is -2.14. The van der Waals surface area contributed by atoms with Crippen molar-refractivity contribution in [2.24, 2.45) is 0 Å². The Labute approximate surface area is 167 Å². The van der Waals surface area contributed by atoms with Crippen LogP contribution in [0.2, 0.25) is 0 Å². The van der Waals surface area contributed by atoms with E-state index in [4.69, 9.17) is 23.7 Å². The van der Waals surface area contributed by atoms with E-state index in [1.807, 2.05) is 0 Å². The number of carbonyl (C=O) groups is 2. The van der Waals surface area contributed by atoms with E-state index in [1.165, 1.54) is 47.7 Å². The highest BCUT2D eigenvalue weighted by atomic mass is 16.5. The number of rotatable bonds is 7. The third-order valence-corrected chi connectivity index (χ3v) is 4.55. The van der Waals surface area contributed by atoms with Crippen LogP contribution < -0.4 is 18.9 Å². The molecule has 8 heteroatoms. The SMILES string of the molecule is COC(=O)c1[nH]c2cc(OC)ccc2c1C(=O)c1cc(OC)c(OC)c(OC)c1. The van der Waals surface area contributed by atoms with Crippen molar-refractivity contribution in [1.29, 1.82) is 0 Å². The Morgan fingerprint density at radius 1 is 0.828 bits per heavy atom. The average Bonchev–Trinajstić information content (AvgIpc) is 3.15. The third kappa shape index (κ3) is 3.44. The molecule has 2 aromatic carbocycles. The van der Waals surface area contributed by atoms with Crippen molar-refractivity contribution in [3.05, 3.63) is 47.2 Å². The molecule has 0 spiro atoms. The average molecular weight is 399 g/mol. The molecule has 0 aliphatic rings. The lowest BCUT2D eigenvalue weighted by molar-refractivity contribution is 0.0592. The zero-order valence-corrected chi connectivity index (χ0v) is 16.7. The number of esters is 1. The second-order valence-electron chi connectivity index (χ2n) is 6.02. The van der Waals surface area contributed by atoms with Gasteiger partial charge in [-0.2, -0.15) is 0 Å². The number of benzene rings is 2. The molecule has 0 radical (unpaired) electrons. The van der Waals surface area contributed by atoms with E-state index in [9.17, 15) is 9.59 Å². The molecule has 0 saturated carbocycles. The zero-order valence-electron chi connectivity index (χ0n) is 16.7. The molecule has 0 unspecified atom stereocenters. The van der Waals surface area contributed by atoms with Crippen LogP contribution in [0.25, 0.3) is 10.9 Å². The minimum Gasteiger partial charge on any atom is -0.497 e. The van der Waals surface area contributed by atoms with Crippen LogP contribution in [0.4, 0.5) is 0 Å². The highest BCUT2D eigenvalue weighted by Gasteiger charge is 2.27. The van der Waals surface area contributed by atoms with Gasteiger partial charge >= 0.3 is 5.97 Å². The predicted molar refractivity (Wildman–Crippen MR) is 106 cm³/mol. The van der Waals surface area contributed by atoms with Gasteiger partial charge in [-0.05, 0) is 24.3 Å². The maximum atomic E-state index is 13.4. The second-order valence-corrected chi connectivity index (χ2v) is 6.02. The summed E-state index contributed by atoms with van der Waals surface area (Å²) in [5.74, 6) is 0.551. The van der Waals surface area contributed by atoms with Gasteiger partial charge in [0.1, 0.15) is 11.4 Å². The number of ether oxygens (including phenoxy) is 5. The Morgan fingerprint density at radius 2 is 1.48 bits per heavy atom. The van der Waals surface area contributed by atoms with Crippen molar-refractivity contribution in [2.75, 3.05) is 35.5 Å². The van der Waals surface area contributed by atoms with Gasteiger partial charge in [-0.1, -0.05) is 0 Å². The van der Waals surface area contributed by atoms with Crippen LogP contribution in [0.5, 0.6) is 23.0 Å². The summed E-state index contributed by atoms with van der Waals surface area (Å²) >= 11 is 0. The van der Waals surface area contributed by atoms with Crippen LogP contribution in [0, 0.1) is 0 Å². The first-order chi connectivity index (χ1) is 14.0. The minimum atomic E-state index is -0.657. The largest absolute Gasteiger partial charge is 0.497 e. The van der Waals surface area contributed by atoms with Crippen molar-refractivity contribution in [3.8, 4) is 23.0 Å². The van der Waals surface area contributed by atoms with Crippen LogP contribution in [-0.4, -0.2) is 52.3 Å². The lowest BCUT2D eigenvalue weighted by Crippen LogP contribution is -2.11. The molecule has 29 heavy (non-hydrogen) atoms. The van der Waals surface area contributed by atoms with Gasteiger partial charge in [-0.3, -0.25) is 4.79 Å². The molecule has 1 aromatic heterocycles. The van der Waals surface area contributed by atoms with Crippen LogP contribution in [0.3, 0.4) is 0 Å². The molecule has 8 nitrogen and oxygen atoms in total. The maximum absolute atomic E-state index is 13.4. The molecule has 0 bridgehead atoms. The maximum Gasteiger partial charge on any atom is 0.355 e. The summed E-state index contributed by atoms with van der Waals surface area (Å²) in [4.78, 5) is 28.7. The molecule has 0 aliphatic heterocycles. The van der Waals surface area contributed by atoms with E-state index < -0.39 is 11.8 Å². The van der Waals surface area contributed by atoms with Crippen LogP contribution in [0.15, 0.2) is 30.3 Å². The van der Waals surface area contributed by atoms with Crippen molar-refractivity contribution >= 4 is 22.7 Å². The normalized spacial score (nSPS) is 10.5. The summed E-state index contributed by atoms with van der Waals surface area (Å²) in [6, 6.07) is 8.19. The van der Waals surface area contributed by atoms with Crippen molar-refractivity contribution in [1.82, 2.24) is 4.98 Å². The van der Waals surface area contributed by atoms with Gasteiger partial charge < -0.3 is 28.7 Å². The monoisotopic (exact) mass is 399 g/mol. The Morgan fingerprint density at radius 3 is 2.00 bits per heavy atom. The summed E-state index contributed by atoms with van der Waals surface area (Å²) in [6.07, 6.45) is 0. The molecule has 3 rings (SSSR count). The van der Waals surface area contributed by atoms with Gasteiger partial charge in [-0.25, -0.2) is 4.79 Å². The van der Waals surface area contributed by atoms with E-state index in [-0.39, 0.29) is 16.8 Å². The number of aromatic amines is 1. The molecule has 1 N–H and O–H groups in total. The number of nitrogens with one attached hydrogen (secondary N) is 1. The van der Waals surface area contributed by atoms with Gasteiger partial charge in [-0.15, -0.1) is 0 Å². The molecule has 1 heterocycles. The molecular weight excluding hydrogens is 378 g/mol. The Bertz CT molecular complexity index is 1060. The molecule has 0 aliphatic carbocycles. The number of fused-ring (bicyclic) bond motifs is 1. The first-order valence-electron chi connectivity index (χ1n) is 8.61. The van der Waals surface area contributed by atoms with E-state index in [2.05, 4.69) is 4.98 Å². The predicted octanol–water partition coefficient (Wildman–Crippen LogP) is 3.22. The van der Waals surface area contributed by atoms with E-state index in [1.54, 1.807) is 18.2 Å². The van der Waals surface area contributed by atoms with Gasteiger partial charge in [0.05, 0.1) is 46.6 Å². The topological polar surface area (TPSA) is 96.1 Å². The zero-order chi connectivity index (χ0) is 21.1. The fraction of sp³-hybridized carbons (Fsp3) is 0.238. The number of hydrogen-bond acceptors (Lipinski definition) is 7. The smallest absolute Gasteiger partial charge is 0.355 e. The molecule has 0 fully saturated rings. The van der Waals surface area contributed by atoms with Crippen molar-refractivity contribution in [2.45, 2.75) is 0 Å². The molecule has 0 amide bonds. The first-order valence-corrected chi connectivity index (χ1v) is 8.61. The molecule has 152 valence electrons. The van der Waals surface area contributed by atoms with Gasteiger partial charge in [0, 0.05) is 17.0 Å². The molecule has 0 atom stereocenters. The molecule has 3 aromatic rings. The van der Waals surface area contributed by atoms with Crippen molar-refractivity contribution < 1.29 is 33.3 Å². The summed E-state index contributed by atoms with van der Waals surface area (Å²) in [6.45, 7) is 0. The van der Waals surface area contributed by atoms with Crippen LogP contribution in [0.1, 0.15) is 26.4 Å². The van der Waals surface area contributed by atoms with E-state index in [0.717, 1.165) is 0 Å². The van der Waals surface area contributed by atoms with Crippen LogP contribution in [-0.2, 0) is 4.74 Å². The molecular formula is C21H21NO7. The number of H-pyrrole nitrogens is 1. The summed E-state index contributed by atoms with van der Waals surface area (Å²) < 4.78 is 26.0. The second kappa shape index (κ2) is 8.14. The number of hydrogen-bond donors (Lipinski definition) is 1. The third-order valence-electron chi connectivity index (χ3n) is 4.55. The van der Waals surface area contributed by atoms with E-state index in [0.29, 0.717) is 33.9 Å².